The van der Waals surface area contributed by atoms with Gasteiger partial charge in [-0.3, -0.25) is 4.79 Å². The maximum Gasteiger partial charge on any atom is 0.250 e. The summed E-state index contributed by atoms with van der Waals surface area (Å²) in [6.07, 6.45) is 7.13. The predicted molar refractivity (Wildman–Crippen MR) is 101 cm³/mol. The van der Waals surface area contributed by atoms with Crippen LogP contribution in [-0.2, 0) is 13.0 Å². The predicted octanol–water partition coefficient (Wildman–Crippen LogP) is 5.10. The van der Waals surface area contributed by atoms with Crippen molar-refractivity contribution in [3.8, 4) is 11.3 Å². The summed E-state index contributed by atoms with van der Waals surface area (Å²) < 4.78 is 2.23. The minimum absolute atomic E-state index is 0.347. The number of carbonyl (C=O) groups is 1. The minimum Gasteiger partial charge on any atom is -0.366 e. The van der Waals surface area contributed by atoms with E-state index in [-0.39, 0.29) is 5.91 Å². The Bertz CT molecular complexity index is 668. The minimum atomic E-state index is -0.347. The van der Waals surface area contributed by atoms with Gasteiger partial charge in [-0.15, -0.1) is 0 Å². The van der Waals surface area contributed by atoms with Crippen molar-refractivity contribution < 1.29 is 4.79 Å². The third-order valence-electron chi connectivity index (χ3n) is 4.69. The van der Waals surface area contributed by atoms with Gasteiger partial charge in [0.05, 0.1) is 5.56 Å². The van der Waals surface area contributed by atoms with Crippen LogP contribution in [0.15, 0.2) is 30.3 Å². The van der Waals surface area contributed by atoms with Crippen molar-refractivity contribution in [3.05, 3.63) is 47.2 Å². The Kier molecular flexibility index (Phi) is 6.65. The molecule has 0 saturated heterocycles. The highest BCUT2D eigenvalue weighted by Crippen LogP contribution is 2.27. The average Bonchev–Trinajstić information content (AvgIpc) is 2.91. The van der Waals surface area contributed by atoms with Gasteiger partial charge in [0.15, 0.2) is 0 Å². The number of hydrogen-bond donors (Lipinski definition) is 1. The molecule has 2 N–H and O–H groups in total. The van der Waals surface area contributed by atoms with Crippen LogP contribution < -0.4 is 5.73 Å². The van der Waals surface area contributed by atoms with Crippen LogP contribution in [0, 0.1) is 6.92 Å². The third-order valence-corrected chi connectivity index (χ3v) is 4.69. The van der Waals surface area contributed by atoms with Gasteiger partial charge in [0.1, 0.15) is 0 Å². The van der Waals surface area contributed by atoms with Crippen LogP contribution in [0.4, 0.5) is 0 Å². The molecule has 2 aromatic rings. The monoisotopic (exact) mass is 326 g/mol. The fraction of sp³-hybridized carbons (Fsp3) is 0.476. The number of hydrogen-bond acceptors (Lipinski definition) is 1. The molecule has 1 heterocycles. The Morgan fingerprint density at radius 3 is 2.29 bits per heavy atom. The van der Waals surface area contributed by atoms with Crippen LogP contribution in [0.1, 0.15) is 67.6 Å². The number of primary amides is 1. The highest BCUT2D eigenvalue weighted by atomic mass is 16.1. The van der Waals surface area contributed by atoms with Crippen molar-refractivity contribution in [3.63, 3.8) is 0 Å². The van der Waals surface area contributed by atoms with Crippen LogP contribution in [0.2, 0.25) is 0 Å². The van der Waals surface area contributed by atoms with Gasteiger partial charge in [-0.2, -0.15) is 0 Å². The van der Waals surface area contributed by atoms with E-state index < -0.39 is 0 Å². The molecule has 0 radical (unpaired) electrons. The van der Waals surface area contributed by atoms with Crippen LogP contribution in [0.5, 0.6) is 0 Å². The van der Waals surface area contributed by atoms with E-state index in [1.807, 2.05) is 13.0 Å². The Morgan fingerprint density at radius 2 is 1.71 bits per heavy atom. The lowest BCUT2D eigenvalue weighted by atomic mass is 10.0. The molecule has 0 bridgehead atoms. The van der Waals surface area contributed by atoms with E-state index in [1.165, 1.54) is 24.8 Å². The van der Waals surface area contributed by atoms with Crippen molar-refractivity contribution in [1.82, 2.24) is 4.57 Å². The maximum absolute atomic E-state index is 11.7. The van der Waals surface area contributed by atoms with E-state index in [1.54, 1.807) is 0 Å². The highest BCUT2D eigenvalue weighted by Gasteiger charge is 2.16. The number of benzene rings is 1. The first kappa shape index (κ1) is 18.3. The molecular formula is C21H30N2O. The molecule has 0 unspecified atom stereocenters. The van der Waals surface area contributed by atoms with E-state index in [0.29, 0.717) is 5.56 Å². The summed E-state index contributed by atoms with van der Waals surface area (Å²) in [6, 6.07) is 10.7. The number of aromatic nitrogens is 1. The zero-order chi connectivity index (χ0) is 17.5. The lowest BCUT2D eigenvalue weighted by Gasteiger charge is -2.12. The van der Waals surface area contributed by atoms with Gasteiger partial charge in [-0.1, -0.05) is 57.4 Å². The van der Waals surface area contributed by atoms with Crippen molar-refractivity contribution in [2.75, 3.05) is 0 Å². The summed E-state index contributed by atoms with van der Waals surface area (Å²) in [5, 5.41) is 0. The third kappa shape index (κ3) is 4.28. The molecule has 130 valence electrons. The summed E-state index contributed by atoms with van der Waals surface area (Å²) >= 11 is 0. The van der Waals surface area contributed by atoms with E-state index in [0.717, 1.165) is 42.8 Å². The van der Waals surface area contributed by atoms with Gasteiger partial charge in [0, 0.05) is 17.9 Å². The van der Waals surface area contributed by atoms with E-state index in [2.05, 4.69) is 42.7 Å². The topological polar surface area (TPSA) is 48.0 Å². The van der Waals surface area contributed by atoms with Crippen molar-refractivity contribution in [2.24, 2.45) is 5.73 Å². The Balaban J connectivity index is 2.29. The molecule has 0 aliphatic heterocycles. The van der Waals surface area contributed by atoms with E-state index in [9.17, 15) is 4.79 Å². The van der Waals surface area contributed by atoms with Crippen molar-refractivity contribution in [1.29, 1.82) is 0 Å². The number of amides is 1. The number of nitrogens with zero attached hydrogens (tertiary/aromatic N) is 1. The first-order valence-electron chi connectivity index (χ1n) is 9.17. The Morgan fingerprint density at radius 1 is 1.04 bits per heavy atom. The number of nitrogens with two attached hydrogens (primary N) is 1. The fourth-order valence-corrected chi connectivity index (χ4v) is 3.16. The van der Waals surface area contributed by atoms with Gasteiger partial charge >= 0.3 is 0 Å². The molecule has 0 saturated carbocycles. The molecule has 3 heteroatoms. The lowest BCUT2D eigenvalue weighted by molar-refractivity contribution is 0.0999. The zero-order valence-corrected chi connectivity index (χ0v) is 15.3. The van der Waals surface area contributed by atoms with Crippen LogP contribution in [0.25, 0.3) is 11.3 Å². The van der Waals surface area contributed by atoms with Crippen LogP contribution >= 0.6 is 0 Å². The van der Waals surface area contributed by atoms with Crippen molar-refractivity contribution >= 4 is 5.91 Å². The summed E-state index contributed by atoms with van der Waals surface area (Å²) in [5.41, 5.74) is 10.8. The summed E-state index contributed by atoms with van der Waals surface area (Å²) in [5.74, 6) is -0.347. The lowest BCUT2D eigenvalue weighted by Crippen LogP contribution is -2.12. The zero-order valence-electron chi connectivity index (χ0n) is 15.3. The Hall–Kier alpha value is -2.03. The van der Waals surface area contributed by atoms with Gasteiger partial charge in [-0.25, -0.2) is 0 Å². The van der Waals surface area contributed by atoms with E-state index >= 15 is 0 Å². The standard InChI is InChI=1S/C21H30N2O/c1-4-6-8-9-17-10-12-18(13-11-17)20-15-19(21(22)24)16(3)23(20)14-7-5-2/h10-13,15H,4-9,14H2,1-3H3,(H2,22,24). The summed E-state index contributed by atoms with van der Waals surface area (Å²) in [4.78, 5) is 11.7. The number of carbonyl (C=O) groups excluding carboxylic acids is 1. The number of rotatable bonds is 9. The quantitative estimate of drug-likeness (QED) is 0.641. The molecule has 2 rings (SSSR count). The number of aryl methyl sites for hydroxylation is 1. The second-order valence-corrected chi connectivity index (χ2v) is 6.55. The largest absolute Gasteiger partial charge is 0.366 e. The molecule has 0 fully saturated rings. The maximum atomic E-state index is 11.7. The van der Waals surface area contributed by atoms with Crippen LogP contribution in [0.3, 0.4) is 0 Å². The fourth-order valence-electron chi connectivity index (χ4n) is 3.16. The normalized spacial score (nSPS) is 11.0. The molecule has 0 aliphatic rings. The molecule has 24 heavy (non-hydrogen) atoms. The van der Waals surface area contributed by atoms with Crippen molar-refractivity contribution in [2.45, 2.75) is 65.8 Å². The van der Waals surface area contributed by atoms with E-state index in [4.69, 9.17) is 5.73 Å². The second kappa shape index (κ2) is 8.72. The molecule has 1 amide bonds. The molecule has 0 aliphatic carbocycles. The smallest absolute Gasteiger partial charge is 0.250 e. The molecular weight excluding hydrogens is 296 g/mol. The van der Waals surface area contributed by atoms with Gasteiger partial charge in [0.25, 0.3) is 5.91 Å². The first-order chi connectivity index (χ1) is 11.6. The molecule has 3 nitrogen and oxygen atoms in total. The molecule has 0 atom stereocenters. The molecule has 1 aromatic carbocycles. The van der Waals surface area contributed by atoms with Gasteiger partial charge < -0.3 is 10.3 Å². The average molecular weight is 326 g/mol. The second-order valence-electron chi connectivity index (χ2n) is 6.55. The summed E-state index contributed by atoms with van der Waals surface area (Å²) in [7, 11) is 0. The summed E-state index contributed by atoms with van der Waals surface area (Å²) in [6.45, 7) is 7.31. The van der Waals surface area contributed by atoms with Gasteiger partial charge in [0.2, 0.25) is 0 Å². The van der Waals surface area contributed by atoms with Crippen LogP contribution in [-0.4, -0.2) is 10.5 Å². The van der Waals surface area contributed by atoms with Gasteiger partial charge in [-0.05, 0) is 43.4 Å². The molecule has 0 spiro atoms. The first-order valence-corrected chi connectivity index (χ1v) is 9.17. The number of unbranched alkanes of at least 4 members (excludes halogenated alkanes) is 3. The SMILES string of the molecule is CCCCCc1ccc(-c2cc(C(N)=O)c(C)n2CCCC)cc1. The molecule has 1 aromatic heterocycles. The highest BCUT2D eigenvalue weighted by molar-refractivity contribution is 5.95. The Labute approximate surface area is 145 Å².